The van der Waals surface area contributed by atoms with Gasteiger partial charge in [0.1, 0.15) is 5.75 Å². The first kappa shape index (κ1) is 11.7. The first-order chi connectivity index (χ1) is 8.68. The lowest BCUT2D eigenvalue weighted by Crippen LogP contribution is -2.24. The molecule has 0 spiro atoms. The van der Waals surface area contributed by atoms with Gasteiger partial charge in [-0.25, -0.2) is 4.98 Å². The first-order valence-electron chi connectivity index (χ1n) is 6.06. The van der Waals surface area contributed by atoms with Gasteiger partial charge in [0.05, 0.1) is 17.8 Å². The summed E-state index contributed by atoms with van der Waals surface area (Å²) in [6, 6.07) is 7.99. The zero-order valence-electron chi connectivity index (χ0n) is 10.3. The van der Waals surface area contributed by atoms with Gasteiger partial charge in [-0.3, -0.25) is 0 Å². The lowest BCUT2D eigenvalue weighted by atomic mass is 10.1. The lowest BCUT2D eigenvalue weighted by molar-refractivity contribution is 0.415. The molecule has 2 N–H and O–H groups in total. The summed E-state index contributed by atoms with van der Waals surface area (Å²) in [7, 11) is 1.67. The monoisotopic (exact) mass is 260 g/mol. The number of methoxy groups -OCH3 is 1. The summed E-state index contributed by atoms with van der Waals surface area (Å²) in [5, 5.41) is 3.24. The van der Waals surface area contributed by atoms with Gasteiger partial charge >= 0.3 is 0 Å². The molecule has 1 aromatic carbocycles. The van der Waals surface area contributed by atoms with E-state index < -0.39 is 0 Å². The van der Waals surface area contributed by atoms with Crippen LogP contribution in [0.3, 0.4) is 0 Å². The minimum Gasteiger partial charge on any atom is -0.497 e. The van der Waals surface area contributed by atoms with Gasteiger partial charge in [0.25, 0.3) is 0 Å². The van der Waals surface area contributed by atoms with Crippen LogP contribution >= 0.6 is 11.3 Å². The molecule has 0 atom stereocenters. The third kappa shape index (κ3) is 2.40. The Labute approximate surface area is 111 Å². The fraction of sp³-hybridized carbons (Fsp3) is 0.357. The SMILES string of the molecule is COc1ccc(-c2csc(CC3(N)CC3)n2)cc1. The Balaban J connectivity index is 1.78. The molecular formula is C14H16N2OS. The number of nitrogens with zero attached hydrogens (tertiary/aromatic N) is 1. The molecule has 0 saturated heterocycles. The van der Waals surface area contributed by atoms with Crippen LogP contribution < -0.4 is 10.5 Å². The number of nitrogens with two attached hydrogens (primary N) is 1. The standard InChI is InChI=1S/C14H16N2OS/c1-17-11-4-2-10(3-5-11)12-9-18-13(16-12)8-14(15)6-7-14/h2-5,9H,6-8,15H2,1H3. The highest BCUT2D eigenvalue weighted by atomic mass is 32.1. The predicted octanol–water partition coefficient (Wildman–Crippen LogP) is 2.85. The smallest absolute Gasteiger partial charge is 0.118 e. The Morgan fingerprint density at radius 2 is 2.06 bits per heavy atom. The highest BCUT2D eigenvalue weighted by Crippen LogP contribution is 2.37. The summed E-state index contributed by atoms with van der Waals surface area (Å²) in [4.78, 5) is 4.66. The minimum absolute atomic E-state index is 0.0367. The molecule has 1 aliphatic carbocycles. The molecule has 18 heavy (non-hydrogen) atoms. The Kier molecular flexibility index (Phi) is 2.84. The predicted molar refractivity (Wildman–Crippen MR) is 74.0 cm³/mol. The highest BCUT2D eigenvalue weighted by Gasteiger charge is 2.38. The molecule has 4 heteroatoms. The second kappa shape index (κ2) is 4.37. The van der Waals surface area contributed by atoms with E-state index in [-0.39, 0.29) is 5.54 Å². The number of ether oxygens (including phenoxy) is 1. The van der Waals surface area contributed by atoms with Crippen LogP contribution in [0.2, 0.25) is 0 Å². The first-order valence-corrected chi connectivity index (χ1v) is 6.94. The minimum atomic E-state index is 0.0367. The van der Waals surface area contributed by atoms with E-state index in [1.165, 1.54) is 0 Å². The molecule has 1 aromatic heterocycles. The number of benzene rings is 1. The fourth-order valence-electron chi connectivity index (χ4n) is 1.92. The lowest BCUT2D eigenvalue weighted by Gasteiger charge is -2.04. The van der Waals surface area contributed by atoms with Crippen LogP contribution in [0.25, 0.3) is 11.3 Å². The second-order valence-electron chi connectivity index (χ2n) is 4.89. The van der Waals surface area contributed by atoms with Crippen LogP contribution in [-0.4, -0.2) is 17.6 Å². The topological polar surface area (TPSA) is 48.1 Å². The quantitative estimate of drug-likeness (QED) is 0.919. The van der Waals surface area contributed by atoms with Gasteiger partial charge in [-0.2, -0.15) is 0 Å². The fourth-order valence-corrected chi connectivity index (χ4v) is 2.88. The molecule has 3 nitrogen and oxygen atoms in total. The van der Waals surface area contributed by atoms with Gasteiger partial charge in [0.2, 0.25) is 0 Å². The summed E-state index contributed by atoms with van der Waals surface area (Å²) in [6.45, 7) is 0. The average Bonchev–Trinajstić information content (AvgIpc) is 2.93. The molecule has 1 saturated carbocycles. The molecule has 1 aliphatic rings. The molecule has 0 amide bonds. The molecule has 0 aliphatic heterocycles. The van der Waals surface area contributed by atoms with Crippen LogP contribution in [-0.2, 0) is 6.42 Å². The largest absolute Gasteiger partial charge is 0.497 e. The van der Waals surface area contributed by atoms with Crippen molar-refractivity contribution >= 4 is 11.3 Å². The van der Waals surface area contributed by atoms with Crippen LogP contribution in [0, 0.1) is 0 Å². The summed E-state index contributed by atoms with van der Waals surface area (Å²) in [5.74, 6) is 0.869. The van der Waals surface area contributed by atoms with E-state index in [9.17, 15) is 0 Å². The van der Waals surface area contributed by atoms with Crippen LogP contribution in [0.5, 0.6) is 5.75 Å². The van der Waals surface area contributed by atoms with E-state index >= 15 is 0 Å². The molecular weight excluding hydrogens is 244 g/mol. The molecule has 1 fully saturated rings. The number of hydrogen-bond acceptors (Lipinski definition) is 4. The van der Waals surface area contributed by atoms with E-state index in [0.29, 0.717) is 0 Å². The van der Waals surface area contributed by atoms with Gasteiger partial charge in [-0.1, -0.05) is 0 Å². The van der Waals surface area contributed by atoms with Crippen molar-refractivity contribution in [2.45, 2.75) is 24.8 Å². The van der Waals surface area contributed by atoms with Crippen molar-refractivity contribution < 1.29 is 4.74 Å². The number of hydrogen-bond donors (Lipinski definition) is 1. The maximum Gasteiger partial charge on any atom is 0.118 e. The van der Waals surface area contributed by atoms with Crippen molar-refractivity contribution in [3.05, 3.63) is 34.7 Å². The summed E-state index contributed by atoms with van der Waals surface area (Å²) in [5.41, 5.74) is 8.31. The van der Waals surface area contributed by atoms with Crippen LogP contribution in [0.1, 0.15) is 17.8 Å². The maximum absolute atomic E-state index is 6.11. The van der Waals surface area contributed by atoms with E-state index in [4.69, 9.17) is 10.5 Å². The molecule has 0 bridgehead atoms. The van der Waals surface area contributed by atoms with E-state index in [1.807, 2.05) is 24.3 Å². The van der Waals surface area contributed by atoms with Crippen molar-refractivity contribution in [2.24, 2.45) is 5.73 Å². The molecule has 2 aromatic rings. The van der Waals surface area contributed by atoms with Gasteiger partial charge in [0.15, 0.2) is 0 Å². The summed E-state index contributed by atoms with van der Waals surface area (Å²) >= 11 is 1.70. The second-order valence-corrected chi connectivity index (χ2v) is 5.84. The highest BCUT2D eigenvalue weighted by molar-refractivity contribution is 7.10. The number of rotatable bonds is 4. The zero-order valence-corrected chi connectivity index (χ0v) is 11.2. The Morgan fingerprint density at radius 3 is 2.67 bits per heavy atom. The van der Waals surface area contributed by atoms with Crippen LogP contribution in [0.4, 0.5) is 0 Å². The van der Waals surface area contributed by atoms with Crippen molar-refractivity contribution in [1.82, 2.24) is 4.98 Å². The number of thiazole rings is 1. The summed E-state index contributed by atoms with van der Waals surface area (Å²) < 4.78 is 5.15. The van der Waals surface area contributed by atoms with Crippen molar-refractivity contribution in [2.75, 3.05) is 7.11 Å². The summed E-state index contributed by atoms with van der Waals surface area (Å²) in [6.07, 6.45) is 3.17. The molecule has 0 unspecified atom stereocenters. The van der Waals surface area contributed by atoms with Crippen molar-refractivity contribution in [3.63, 3.8) is 0 Å². The van der Waals surface area contributed by atoms with E-state index in [0.717, 1.165) is 41.3 Å². The molecule has 3 rings (SSSR count). The Bertz CT molecular complexity index is 543. The van der Waals surface area contributed by atoms with E-state index in [1.54, 1.807) is 18.4 Å². The Morgan fingerprint density at radius 1 is 1.33 bits per heavy atom. The molecule has 1 heterocycles. The normalized spacial score (nSPS) is 16.6. The van der Waals surface area contributed by atoms with Gasteiger partial charge < -0.3 is 10.5 Å². The third-order valence-electron chi connectivity index (χ3n) is 3.33. The van der Waals surface area contributed by atoms with Gasteiger partial charge in [-0.15, -0.1) is 11.3 Å². The van der Waals surface area contributed by atoms with E-state index in [2.05, 4.69) is 10.4 Å². The molecule has 0 radical (unpaired) electrons. The number of aromatic nitrogens is 1. The molecule has 94 valence electrons. The third-order valence-corrected chi connectivity index (χ3v) is 4.18. The maximum atomic E-state index is 6.11. The van der Waals surface area contributed by atoms with Crippen molar-refractivity contribution in [3.8, 4) is 17.0 Å². The Hall–Kier alpha value is -1.39. The van der Waals surface area contributed by atoms with Gasteiger partial charge in [0, 0.05) is 22.9 Å². The average molecular weight is 260 g/mol. The van der Waals surface area contributed by atoms with Gasteiger partial charge in [-0.05, 0) is 37.1 Å². The zero-order chi connectivity index (χ0) is 12.6. The van der Waals surface area contributed by atoms with Crippen molar-refractivity contribution in [1.29, 1.82) is 0 Å². The van der Waals surface area contributed by atoms with Crippen LogP contribution in [0.15, 0.2) is 29.6 Å².